The Morgan fingerprint density at radius 3 is 1.75 bits per heavy atom. The zero-order valence-corrected chi connectivity index (χ0v) is 35.7. The van der Waals surface area contributed by atoms with E-state index in [0.29, 0.717) is 11.5 Å². The van der Waals surface area contributed by atoms with E-state index in [1.807, 2.05) is 36.5 Å². The van der Waals surface area contributed by atoms with Crippen LogP contribution in [0.3, 0.4) is 0 Å². The second kappa shape index (κ2) is 13.7. The van der Waals surface area contributed by atoms with Gasteiger partial charge >= 0.3 is 21.1 Å². The molecule has 0 radical (unpaired) electrons. The molecule has 280 valence electrons. The summed E-state index contributed by atoms with van der Waals surface area (Å²) in [6.07, 6.45) is 5.20. The minimum atomic E-state index is 0. The van der Waals surface area contributed by atoms with E-state index in [0.717, 1.165) is 109 Å². The number of furan rings is 2. The maximum absolute atomic E-state index is 6.95. The molecule has 0 fully saturated rings. The van der Waals surface area contributed by atoms with Crippen LogP contribution < -0.4 is 4.74 Å². The maximum Gasteiger partial charge on any atom is 2.00 e. The molecule has 0 N–H and O–H groups in total. The zero-order chi connectivity index (χ0) is 37.6. The van der Waals surface area contributed by atoms with E-state index in [1.165, 1.54) is 0 Å². The Hall–Kier alpha value is -4.88. The largest absolute Gasteiger partial charge is 2.00 e. The van der Waals surface area contributed by atoms with Crippen LogP contribution in [0.4, 0.5) is 0 Å². The van der Waals surface area contributed by atoms with E-state index in [-0.39, 0.29) is 31.9 Å². The number of nitrogens with zero attached hydrogens (tertiary/aromatic N) is 3. The summed E-state index contributed by atoms with van der Waals surface area (Å²) in [5, 5.41) is 4.99. The fraction of sp³-hybridized carbons (Fsp3) is 0.213. The molecule has 0 aliphatic rings. The summed E-state index contributed by atoms with van der Waals surface area (Å²) in [5.74, 6) is 3.18. The number of thiophene rings is 2. The Morgan fingerprint density at radius 1 is 0.607 bits per heavy atom. The van der Waals surface area contributed by atoms with Gasteiger partial charge in [0.1, 0.15) is 23.4 Å². The van der Waals surface area contributed by atoms with Crippen LogP contribution >= 0.6 is 22.7 Å². The van der Waals surface area contributed by atoms with E-state index < -0.39 is 0 Å². The molecule has 0 spiro atoms. The number of ether oxygens (including phenoxy) is 1. The molecule has 9 heteroatoms. The first kappa shape index (κ1) is 36.7. The fourth-order valence-corrected chi connectivity index (χ4v) is 9.80. The van der Waals surface area contributed by atoms with Crippen LogP contribution in [0.2, 0.25) is 0 Å². The smallest absolute Gasteiger partial charge is 0.495 e. The van der Waals surface area contributed by atoms with Gasteiger partial charge in [0, 0.05) is 45.2 Å². The van der Waals surface area contributed by atoms with Crippen molar-refractivity contribution in [2.24, 2.45) is 10.8 Å². The van der Waals surface area contributed by atoms with Crippen molar-refractivity contribution in [2.45, 2.75) is 54.4 Å². The average Bonchev–Trinajstić information content (AvgIpc) is 3.89. The molecule has 6 nitrogen and oxygen atoms in total. The molecule has 0 saturated heterocycles. The Kier molecular flexibility index (Phi) is 8.96. The Labute approximate surface area is 346 Å². The van der Waals surface area contributed by atoms with Crippen molar-refractivity contribution in [3.63, 3.8) is 0 Å². The van der Waals surface area contributed by atoms with Gasteiger partial charge in [0.15, 0.2) is 11.2 Å². The van der Waals surface area contributed by atoms with Gasteiger partial charge in [-0.1, -0.05) is 124 Å². The summed E-state index contributed by atoms with van der Waals surface area (Å²) in [4.78, 5) is 14.4. The number of pyridine rings is 1. The molecule has 0 saturated carbocycles. The second-order valence-electron chi connectivity index (χ2n) is 16.7. The van der Waals surface area contributed by atoms with Gasteiger partial charge in [-0.3, -0.25) is 4.98 Å². The van der Waals surface area contributed by atoms with E-state index in [1.54, 1.807) is 29.0 Å². The SMILES string of the molecule is CC(C)(C)Cc1cc2sc3c(-c4[c-]c(Oc5[c-]c(-c6ncnc7c6sc6cc(CC(C)(C)C)oc67)cc6ccccc56)c5ccccc5c4)nccc3c2o1.[Pt+2]. The molecular weight excluding hydrogens is 914 g/mol. The summed E-state index contributed by atoms with van der Waals surface area (Å²) >= 11 is 3.37. The van der Waals surface area contributed by atoms with Crippen molar-refractivity contribution in [1.82, 2.24) is 15.0 Å². The fourth-order valence-electron chi connectivity index (χ4n) is 7.48. The third kappa shape index (κ3) is 6.62. The van der Waals surface area contributed by atoms with Crippen molar-refractivity contribution in [2.75, 3.05) is 0 Å². The van der Waals surface area contributed by atoms with Gasteiger partial charge in [-0.25, -0.2) is 4.98 Å². The molecule has 10 aromatic rings. The molecule has 56 heavy (non-hydrogen) atoms. The standard InChI is InChI=1S/C47H37N3O3S2.Pt/c1-46(2,3)23-30-21-37-42(51-30)34-15-16-48-39(44(34)54-37)28-17-26-11-7-9-13-32(26)35(19-28)53-36-20-29(18-27-12-8-10-14-33(27)36)40-45-41(50-25-49-40)43-38(55-45)22-31(52-43)24-47(4,5)6;/h7-18,21-22,25H,23-24H2,1-6H3;/q-2;+2. The first-order valence-electron chi connectivity index (χ1n) is 18.5. The Balaban J connectivity index is 0.00000410. The Morgan fingerprint density at radius 2 is 1.14 bits per heavy atom. The summed E-state index contributed by atoms with van der Waals surface area (Å²) in [6.45, 7) is 13.4. The topological polar surface area (TPSA) is 74.2 Å². The van der Waals surface area contributed by atoms with Crippen molar-refractivity contribution in [3.05, 3.63) is 115 Å². The molecule has 0 unspecified atom stereocenters. The van der Waals surface area contributed by atoms with Crippen LogP contribution in [0, 0.1) is 23.0 Å². The molecule has 0 atom stereocenters. The Bertz CT molecular complexity index is 2910. The van der Waals surface area contributed by atoms with E-state index >= 15 is 0 Å². The molecule has 4 aromatic carbocycles. The van der Waals surface area contributed by atoms with Gasteiger partial charge < -0.3 is 18.6 Å². The van der Waals surface area contributed by atoms with Crippen molar-refractivity contribution in [3.8, 4) is 34.0 Å². The molecule has 6 aromatic heterocycles. The van der Waals surface area contributed by atoms with Crippen LogP contribution in [0.5, 0.6) is 11.5 Å². The number of rotatable bonds is 6. The van der Waals surface area contributed by atoms with E-state index in [4.69, 9.17) is 23.5 Å². The molecular formula is C47H37N3O3PtS2. The predicted octanol–water partition coefficient (Wildman–Crippen LogP) is 14.0. The molecule has 0 amide bonds. The van der Waals surface area contributed by atoms with Crippen LogP contribution in [-0.4, -0.2) is 15.0 Å². The molecule has 10 rings (SSSR count). The van der Waals surface area contributed by atoms with E-state index in [2.05, 4.69) is 107 Å². The van der Waals surface area contributed by atoms with Gasteiger partial charge in [-0.2, -0.15) is 0 Å². The van der Waals surface area contributed by atoms with Crippen molar-refractivity contribution < 1.29 is 34.6 Å². The zero-order valence-electron chi connectivity index (χ0n) is 31.8. The van der Waals surface area contributed by atoms with Gasteiger partial charge in [-0.15, -0.1) is 45.9 Å². The number of hydrogen-bond acceptors (Lipinski definition) is 8. The minimum Gasteiger partial charge on any atom is -0.495 e. The van der Waals surface area contributed by atoms with Gasteiger partial charge in [0.25, 0.3) is 0 Å². The normalized spacial score (nSPS) is 12.5. The quantitative estimate of drug-likeness (QED) is 0.155. The second-order valence-corrected chi connectivity index (χ2v) is 18.8. The monoisotopic (exact) mass is 950 g/mol. The molecule has 0 aliphatic heterocycles. The first-order chi connectivity index (χ1) is 26.4. The van der Waals surface area contributed by atoms with Crippen LogP contribution in [0.25, 0.3) is 84.9 Å². The first-order valence-corrected chi connectivity index (χ1v) is 20.1. The summed E-state index contributed by atoms with van der Waals surface area (Å²) in [7, 11) is 0. The predicted molar refractivity (Wildman–Crippen MR) is 227 cm³/mol. The van der Waals surface area contributed by atoms with Gasteiger partial charge in [0.2, 0.25) is 0 Å². The number of aromatic nitrogens is 3. The summed E-state index contributed by atoms with van der Waals surface area (Å²) in [5.41, 5.74) is 6.10. The average molecular weight is 951 g/mol. The van der Waals surface area contributed by atoms with Gasteiger partial charge in [0.05, 0.1) is 20.9 Å². The third-order valence-electron chi connectivity index (χ3n) is 9.72. The minimum absolute atomic E-state index is 0. The molecule has 0 bridgehead atoms. The van der Waals surface area contributed by atoms with Crippen LogP contribution in [-0.2, 0) is 33.9 Å². The number of hydrogen-bond donors (Lipinski definition) is 0. The van der Waals surface area contributed by atoms with Gasteiger partial charge in [-0.05, 0) is 29.0 Å². The summed E-state index contributed by atoms with van der Waals surface area (Å²) in [6, 6.07) is 34.4. The van der Waals surface area contributed by atoms with Crippen LogP contribution in [0.15, 0.2) is 100 Å². The van der Waals surface area contributed by atoms with Crippen molar-refractivity contribution in [1.29, 1.82) is 0 Å². The number of fused-ring (bicyclic) bond motifs is 8. The molecule has 0 aliphatic carbocycles. The van der Waals surface area contributed by atoms with E-state index in [9.17, 15) is 0 Å². The van der Waals surface area contributed by atoms with Crippen LogP contribution in [0.1, 0.15) is 53.1 Å². The molecule has 6 heterocycles. The summed E-state index contributed by atoms with van der Waals surface area (Å²) < 4.78 is 24.0. The maximum atomic E-state index is 6.95. The third-order valence-corrected chi connectivity index (χ3v) is 12.0. The number of benzene rings is 4. The van der Waals surface area contributed by atoms with Crippen molar-refractivity contribution >= 4 is 85.1 Å².